The van der Waals surface area contributed by atoms with Gasteiger partial charge >= 0.3 is 0 Å². The molecule has 0 bridgehead atoms. The van der Waals surface area contributed by atoms with Crippen LogP contribution in [-0.2, 0) is 771 Å². The molecule has 0 saturated carbocycles. The quantitative estimate of drug-likeness (QED) is 0.0643. The third-order valence-corrected chi connectivity index (χ3v) is 535. The molecule has 0 saturated heterocycles. The van der Waals surface area contributed by atoms with Gasteiger partial charge in [-0.25, -0.2) is 22.4 Å². The fourth-order valence-electron chi connectivity index (χ4n) is 2.60. The molecular formula is PS83-. The molecule has 0 N–H and O–H groups in total. The van der Waals surface area contributed by atoms with E-state index in [1.807, 2.05) is 0 Å². The molecule has 0 fully saturated rings. The van der Waals surface area contributed by atoms with Gasteiger partial charge in [-0.2, -0.15) is 0 Å². The van der Waals surface area contributed by atoms with E-state index in [2.05, 4.69) is 0 Å². The molecule has 0 nitrogen and oxygen atoms in total. The van der Waals surface area contributed by atoms with E-state index in [1.165, 1.54) is 0 Å². The van der Waals surface area contributed by atoms with Gasteiger partial charge in [0.1, 0.15) is 22.7 Å². The van der Waals surface area contributed by atoms with Gasteiger partial charge in [-0.1, -0.05) is 27.6 Å². The van der Waals surface area contributed by atoms with Gasteiger partial charge in [0.2, 0.25) is 0 Å². The lowest BCUT2D eigenvalue weighted by atomic mass is 29.6. The van der Waals surface area contributed by atoms with Crippen molar-refractivity contribution in [3.63, 3.8) is 0 Å². The molecule has 0 aromatic heterocycles. The van der Waals surface area contributed by atoms with Crippen LogP contribution < -0.4 is 0 Å². The van der Waals surface area contributed by atoms with Crippen LogP contribution in [0.4, 0.5) is 0 Å². The standard InChI is InChI=1S/PS83/c2-1(3)59(6,7)61(10,11)63(14,15)65(18,19)67(22,23)69(26,27)71(30,31)73(34,35)75(38,39)77(42,43)79(46,47)81(50,51)83(54,55)84(56,57)82(52,53)80(48,49)78(44,45)76(40,41)74(36,37)72(32,33)70(28,29)68(24,25)66(20,21)64(16,17)62(12,13)60(8,9)58(4)5/q-1. The van der Waals surface area contributed by atoms with E-state index >= 15 is 0 Å². The summed E-state index contributed by atoms with van der Waals surface area (Å²) in [5, 5.41) is -99.2. The largest absolute Gasteiger partial charge is 0.463 e. The zero-order valence-electron chi connectivity index (χ0n) is 34.3. The Bertz CT molecular complexity index is 6350. The summed E-state index contributed by atoms with van der Waals surface area (Å²) in [6.45, 7) is 0. The highest BCUT2D eigenvalue weighted by molar-refractivity contribution is 9.82. The minimum Gasteiger partial charge on any atom is -0.463 e. The molecule has 0 amide bonds. The molecule has 84 heavy (non-hydrogen) atoms. The predicted octanol–water partition coefficient (Wildman–Crippen LogP) is 0.662. The first-order valence-electron chi connectivity index (χ1n) is 13.9. The molecule has 0 aliphatic carbocycles. The van der Waals surface area contributed by atoms with Crippen LogP contribution in [0, 0.1) is 0 Å². The molecule has 0 aromatic rings. The maximum Gasteiger partial charge on any atom is 0.148 e. The zero-order valence-corrected chi connectivity index (χ0v) is 103. The Morgan fingerprint density at radius 1 is 0.167 bits per heavy atom. The second kappa shape index (κ2) is 33.7. The second-order valence-electron chi connectivity index (χ2n) is 11.1. The summed E-state index contributed by atoms with van der Waals surface area (Å²) in [7, 11) is -1.58. The Morgan fingerprint density at radius 2 is 0.250 bits per heavy atom. The Labute approximate surface area is 753 Å². The first kappa shape index (κ1) is 106. The summed E-state index contributed by atoms with van der Waals surface area (Å²) in [6, 6.07) is 0. The normalized spacial score (nSPS) is 17.0. The van der Waals surface area contributed by atoms with Crippen LogP contribution in [0.3, 0.4) is 0 Å². The number of hydrogen-bond acceptors (Lipinski definition) is 57. The molecule has 1 atom stereocenters. The highest BCUT2D eigenvalue weighted by Crippen LogP contribution is 2.46. The lowest BCUT2D eigenvalue weighted by Crippen LogP contribution is -2.40. The molecule has 0 aliphatic rings. The SMILES string of the molecule is S=[P+]([S-])S(=S)(=S)S(=S)(=S)S(=S)(=S)S(=S)(=S)S(=S)(=S)S(=S)(=S)S(=S)(=S)S(=S)(=S)S(=S)(=S)S(=S)(=S)S(=S)(=S)S(=S)(=S)S(=S)(=S)S(=S)(=S)S(=S)(=S)S(=S)(=S)S(=S)(=S)S(=S)(=S)S(=S)(=S)S(=S)(=S)S(=S)(=S)S(=S)(=S)S(=S)(=S)S(=S)(=S)S(=S)(=S)S(=S)(=S)[S-](=S)=S. The van der Waals surface area contributed by atoms with Gasteiger partial charge in [-0.05, 0) is 537 Å². The summed E-state index contributed by atoms with van der Waals surface area (Å²) < 4.78 is 0. The maximum absolute atomic E-state index is 6.18. The predicted molar refractivity (Wildman–Crippen MR) is 618 cm³/mol. The van der Waals surface area contributed by atoms with Crippen molar-refractivity contribution in [3.05, 3.63) is 0 Å². The fourth-order valence-corrected chi connectivity index (χ4v) is 631. The Kier molecular flexibility index (Phi) is 42.6. The van der Waals surface area contributed by atoms with Crippen molar-refractivity contribution in [1.82, 2.24) is 0 Å². The molecule has 0 aromatic carbocycles. The van der Waals surface area contributed by atoms with Crippen LogP contribution in [0.5, 0.6) is 0 Å². The molecule has 84 heteroatoms. The summed E-state index contributed by atoms with van der Waals surface area (Å²) in [5.74, 6) is -3.09. The maximum atomic E-state index is 6.18. The molecule has 0 heterocycles. The minimum atomic E-state index is -4.12. The summed E-state index contributed by atoms with van der Waals surface area (Å²) in [6.07, 6.45) is 0. The van der Waals surface area contributed by atoms with Crippen molar-refractivity contribution in [3.8, 4) is 0 Å². The highest BCUT2D eigenvalue weighted by atomic mass is 34.5. The van der Waals surface area contributed by atoms with Gasteiger partial charge < -0.3 is 12.2 Å². The summed E-state index contributed by atoms with van der Waals surface area (Å²) in [4.78, 5) is 0. The third-order valence-electron chi connectivity index (χ3n) is 6.61. The van der Waals surface area contributed by atoms with E-state index < -0.39 is 148 Å². The fraction of sp³-hybridized carbons (Fsp3) is 0. The topological polar surface area (TPSA) is 0 Å². The molecule has 0 spiro atoms. The molecule has 1 unspecified atom stereocenters. The van der Waals surface area contributed by atoms with Crippen molar-refractivity contribution < 1.29 is 0 Å². The Balaban J connectivity index is 8.74. The first-order chi connectivity index (χ1) is 35.1. The molecule has 504 valence electrons. The van der Waals surface area contributed by atoms with Gasteiger partial charge in [0.05, 0.1) is 5.21 Å². The first-order valence-corrected chi connectivity index (χ1v) is 125. The van der Waals surface area contributed by atoms with Gasteiger partial charge in [0.25, 0.3) is 0 Å². The lowest BCUT2D eigenvalue weighted by molar-refractivity contribution is 4.96. The lowest BCUT2D eigenvalue weighted by Gasteiger charge is -2.37. The molecular weight excluding hydrogens is 2690 g/mol. The molecule has 0 rings (SSSR count). The average Bonchev–Trinajstić information content (AvgIpc) is 3.26. The summed E-state index contributed by atoms with van der Waals surface area (Å²) in [5.41, 5.74) is 0. The van der Waals surface area contributed by atoms with Crippen molar-refractivity contribution >= 4 is 776 Å². The van der Waals surface area contributed by atoms with Crippen LogP contribution >= 0.6 is 5.10 Å². The van der Waals surface area contributed by atoms with Crippen molar-refractivity contribution in [2.75, 3.05) is 0 Å². The highest BCUT2D eigenvalue weighted by Gasteiger charge is 2.49. The number of hydrogen-bond donors (Lipinski definition) is 0. The van der Waals surface area contributed by atoms with Gasteiger partial charge in [0.15, 0.2) is 0 Å². The van der Waals surface area contributed by atoms with E-state index in [-0.39, 0.29) is 0 Å². The van der Waals surface area contributed by atoms with E-state index in [0.717, 1.165) is 0 Å². The Hall–Kier alpha value is 22.2. The molecule has 0 aliphatic heterocycles. The smallest absolute Gasteiger partial charge is 0.148 e. The third kappa shape index (κ3) is 16.5. The van der Waals surface area contributed by atoms with E-state index in [4.69, 9.17) is 628 Å². The van der Waals surface area contributed by atoms with Gasteiger partial charge in [-0.3, -0.25) is 7.05 Å². The second-order valence-corrected chi connectivity index (χ2v) is 299. The average molecular weight is 2690 g/mol. The monoisotopic (exact) mass is 2680 g/mol. The van der Waals surface area contributed by atoms with Crippen LogP contribution in [0.25, 0.3) is 0 Å². The van der Waals surface area contributed by atoms with Gasteiger partial charge in [-0.15, -0.1) is 0 Å². The molecule has 0 radical (unpaired) electrons. The summed E-state index contributed by atoms with van der Waals surface area (Å²) >= 11 is 335. The van der Waals surface area contributed by atoms with Gasteiger partial charge in [0, 0.05) is 142 Å². The van der Waals surface area contributed by atoms with Crippen LogP contribution in [0.2, 0.25) is 0 Å². The minimum absolute atomic E-state index is 1.58. The van der Waals surface area contributed by atoms with E-state index in [1.54, 1.807) is 0 Å². The van der Waals surface area contributed by atoms with Crippen molar-refractivity contribution in [2.24, 2.45) is 0 Å². The van der Waals surface area contributed by atoms with E-state index in [0.29, 0.717) is 0 Å². The van der Waals surface area contributed by atoms with Crippen LogP contribution in [0.1, 0.15) is 0 Å². The van der Waals surface area contributed by atoms with Crippen molar-refractivity contribution in [1.29, 1.82) is 0 Å². The van der Waals surface area contributed by atoms with E-state index in [9.17, 15) is 0 Å². The van der Waals surface area contributed by atoms with Crippen molar-refractivity contribution in [2.45, 2.75) is 0 Å². The zero-order chi connectivity index (χ0) is 70.2. The number of rotatable bonds is 27. The van der Waals surface area contributed by atoms with Crippen LogP contribution in [0.15, 0.2) is 0 Å². The Morgan fingerprint density at radius 3 is 0.333 bits per heavy atom. The van der Waals surface area contributed by atoms with Crippen LogP contribution in [-0.4, -0.2) is 0 Å².